The van der Waals surface area contributed by atoms with Gasteiger partial charge in [0, 0.05) is 18.3 Å². The maximum Gasteiger partial charge on any atom is 0.275 e. The minimum atomic E-state index is -0.672. The van der Waals surface area contributed by atoms with Crippen molar-refractivity contribution in [2.45, 2.75) is 19.9 Å². The predicted molar refractivity (Wildman–Crippen MR) is 81.9 cm³/mol. The second-order valence-corrected chi connectivity index (χ2v) is 5.64. The molecule has 2 N–H and O–H groups in total. The summed E-state index contributed by atoms with van der Waals surface area (Å²) in [6.45, 7) is 2.25. The van der Waals surface area contributed by atoms with E-state index in [0.717, 1.165) is 5.69 Å². The summed E-state index contributed by atoms with van der Waals surface area (Å²) in [6.07, 6.45) is 0.680. The van der Waals surface area contributed by atoms with Crippen LogP contribution in [0.3, 0.4) is 0 Å². The number of aromatic nitrogens is 3. The first-order chi connectivity index (χ1) is 10.6. The lowest BCUT2D eigenvalue weighted by atomic mass is 10.2. The summed E-state index contributed by atoms with van der Waals surface area (Å²) in [6, 6.07) is 5.61. The molecule has 0 aliphatic heterocycles. The van der Waals surface area contributed by atoms with Crippen LogP contribution in [0.2, 0.25) is 0 Å². The molecule has 0 aliphatic rings. The van der Waals surface area contributed by atoms with Crippen LogP contribution in [0.1, 0.15) is 18.2 Å². The van der Waals surface area contributed by atoms with Gasteiger partial charge in [0.25, 0.3) is 5.56 Å². The summed E-state index contributed by atoms with van der Waals surface area (Å²) < 4.78 is 14.5. The van der Waals surface area contributed by atoms with E-state index in [9.17, 15) is 9.18 Å². The summed E-state index contributed by atoms with van der Waals surface area (Å²) in [5.41, 5.74) is 1.16. The van der Waals surface area contributed by atoms with Crippen LogP contribution in [0.5, 0.6) is 5.75 Å². The molecule has 0 unspecified atom stereocenters. The molecule has 0 amide bonds. The number of benzene rings is 1. The molecule has 2 heterocycles. The first kappa shape index (κ1) is 14.5. The Kier molecular flexibility index (Phi) is 3.76. The average molecular weight is 320 g/mol. The Morgan fingerprint density at radius 1 is 1.41 bits per heavy atom. The molecule has 2 aromatic heterocycles. The van der Waals surface area contributed by atoms with Crippen molar-refractivity contribution < 1.29 is 9.50 Å². The van der Waals surface area contributed by atoms with Crippen LogP contribution in [0, 0.1) is 5.82 Å². The van der Waals surface area contributed by atoms with E-state index in [0.29, 0.717) is 28.6 Å². The summed E-state index contributed by atoms with van der Waals surface area (Å²) in [4.78, 5) is 16.7. The van der Waals surface area contributed by atoms with Gasteiger partial charge in [0.2, 0.25) is 10.1 Å². The van der Waals surface area contributed by atoms with E-state index >= 15 is 0 Å². The van der Waals surface area contributed by atoms with Gasteiger partial charge in [-0.05, 0) is 24.1 Å². The number of phenols is 1. The van der Waals surface area contributed by atoms with Gasteiger partial charge in [-0.2, -0.15) is 4.52 Å². The highest BCUT2D eigenvalue weighted by molar-refractivity contribution is 7.20. The van der Waals surface area contributed by atoms with Crippen LogP contribution in [-0.2, 0) is 13.0 Å². The van der Waals surface area contributed by atoms with Crippen LogP contribution in [0.25, 0.3) is 4.96 Å². The third kappa shape index (κ3) is 2.77. The van der Waals surface area contributed by atoms with Gasteiger partial charge in [0.1, 0.15) is 0 Å². The fourth-order valence-corrected chi connectivity index (χ4v) is 2.77. The van der Waals surface area contributed by atoms with E-state index in [1.54, 1.807) is 6.07 Å². The smallest absolute Gasteiger partial charge is 0.275 e. The second kappa shape index (κ2) is 5.72. The highest BCUT2D eigenvalue weighted by Gasteiger charge is 2.08. The lowest BCUT2D eigenvalue weighted by Gasteiger charge is -2.03. The van der Waals surface area contributed by atoms with Crippen LogP contribution in [0.15, 0.2) is 29.1 Å². The fourth-order valence-electron chi connectivity index (χ4n) is 1.95. The summed E-state index contributed by atoms with van der Waals surface area (Å²) >= 11 is 1.25. The maximum absolute atomic E-state index is 13.3. The number of halogens is 1. The van der Waals surface area contributed by atoms with Crippen molar-refractivity contribution in [2.24, 2.45) is 0 Å². The molecule has 0 atom stereocenters. The first-order valence-electron chi connectivity index (χ1n) is 6.68. The first-order valence-corrected chi connectivity index (χ1v) is 7.49. The summed E-state index contributed by atoms with van der Waals surface area (Å²) in [5, 5.41) is 16.8. The van der Waals surface area contributed by atoms with Crippen LogP contribution in [0.4, 0.5) is 9.52 Å². The summed E-state index contributed by atoms with van der Waals surface area (Å²) in [5.74, 6) is -1.05. The number of aryl methyl sites for hydroxylation is 1. The quantitative estimate of drug-likeness (QED) is 0.770. The van der Waals surface area contributed by atoms with Gasteiger partial charge < -0.3 is 10.4 Å². The molecule has 0 fully saturated rings. The minimum absolute atomic E-state index is 0.221. The number of rotatable bonds is 4. The second-order valence-electron chi connectivity index (χ2n) is 4.68. The molecule has 3 rings (SSSR count). The third-order valence-electron chi connectivity index (χ3n) is 3.12. The number of anilines is 1. The van der Waals surface area contributed by atoms with Crippen molar-refractivity contribution in [2.75, 3.05) is 5.32 Å². The van der Waals surface area contributed by atoms with Gasteiger partial charge in [-0.15, -0.1) is 5.10 Å². The number of hydrogen-bond donors (Lipinski definition) is 2. The molecular formula is C14H13FN4O2S. The zero-order valence-electron chi connectivity index (χ0n) is 11.7. The van der Waals surface area contributed by atoms with E-state index < -0.39 is 5.82 Å². The Labute approximate surface area is 128 Å². The third-order valence-corrected chi connectivity index (χ3v) is 3.98. The van der Waals surface area contributed by atoms with Gasteiger partial charge in [-0.1, -0.05) is 24.3 Å². The monoisotopic (exact) mass is 320 g/mol. The van der Waals surface area contributed by atoms with Crippen molar-refractivity contribution in [1.82, 2.24) is 14.6 Å². The highest BCUT2D eigenvalue weighted by Crippen LogP contribution is 2.20. The Morgan fingerprint density at radius 2 is 2.23 bits per heavy atom. The van der Waals surface area contributed by atoms with Crippen molar-refractivity contribution in [3.63, 3.8) is 0 Å². The molecule has 0 radical (unpaired) electrons. The molecule has 6 nitrogen and oxygen atoms in total. The Bertz CT molecular complexity index is 890. The zero-order chi connectivity index (χ0) is 15.7. The van der Waals surface area contributed by atoms with Gasteiger partial charge in [-0.25, -0.2) is 9.37 Å². The number of fused-ring (bicyclic) bond motifs is 1. The van der Waals surface area contributed by atoms with Crippen LogP contribution in [-0.4, -0.2) is 19.7 Å². The lowest BCUT2D eigenvalue weighted by Crippen LogP contribution is -2.15. The predicted octanol–water partition coefficient (Wildman–Crippen LogP) is 2.17. The van der Waals surface area contributed by atoms with E-state index in [2.05, 4.69) is 15.4 Å². The van der Waals surface area contributed by atoms with E-state index in [1.807, 2.05) is 6.92 Å². The maximum atomic E-state index is 13.3. The van der Waals surface area contributed by atoms with Crippen molar-refractivity contribution in [3.8, 4) is 5.75 Å². The topological polar surface area (TPSA) is 79.5 Å². The van der Waals surface area contributed by atoms with Crippen molar-refractivity contribution >= 4 is 21.4 Å². The molecule has 0 saturated carbocycles. The minimum Gasteiger partial charge on any atom is -0.505 e. The van der Waals surface area contributed by atoms with E-state index in [-0.39, 0.29) is 11.3 Å². The molecule has 0 saturated heterocycles. The van der Waals surface area contributed by atoms with Gasteiger partial charge >= 0.3 is 0 Å². The van der Waals surface area contributed by atoms with E-state index in [4.69, 9.17) is 5.11 Å². The Morgan fingerprint density at radius 3 is 2.95 bits per heavy atom. The summed E-state index contributed by atoms with van der Waals surface area (Å²) in [7, 11) is 0. The Balaban J connectivity index is 1.83. The Hall–Kier alpha value is -2.48. The molecule has 0 aliphatic carbocycles. The van der Waals surface area contributed by atoms with Crippen LogP contribution < -0.4 is 10.9 Å². The molecule has 3 aromatic rings. The number of aromatic hydroxyl groups is 1. The molecular weight excluding hydrogens is 307 g/mol. The zero-order valence-corrected chi connectivity index (χ0v) is 12.5. The van der Waals surface area contributed by atoms with Crippen LogP contribution >= 0.6 is 11.3 Å². The number of hydrogen-bond acceptors (Lipinski definition) is 6. The number of nitrogens with one attached hydrogen (secondary N) is 1. The van der Waals surface area contributed by atoms with E-state index in [1.165, 1.54) is 34.1 Å². The average Bonchev–Trinajstić information content (AvgIpc) is 2.92. The molecule has 1 aromatic carbocycles. The number of nitrogens with zero attached hydrogens (tertiary/aromatic N) is 3. The standard InChI is InChI=1S/C14H13FN4O2S/c1-2-9-6-12(21)19-14(17-9)22-13(18-19)16-7-8-3-4-11(20)10(15)5-8/h3-6,20H,2,7H2,1H3,(H,16,18). The molecule has 22 heavy (non-hydrogen) atoms. The van der Waals surface area contributed by atoms with Crippen molar-refractivity contribution in [3.05, 3.63) is 51.7 Å². The molecule has 114 valence electrons. The largest absolute Gasteiger partial charge is 0.505 e. The van der Waals surface area contributed by atoms with Gasteiger partial charge in [-0.3, -0.25) is 4.79 Å². The fraction of sp³-hybridized carbons (Fsp3) is 0.214. The highest BCUT2D eigenvalue weighted by atomic mass is 32.1. The molecule has 0 bridgehead atoms. The SMILES string of the molecule is CCc1cc(=O)n2nc(NCc3ccc(O)c(F)c3)sc2n1. The van der Waals surface area contributed by atoms with Gasteiger partial charge in [0.15, 0.2) is 11.6 Å². The molecule has 0 spiro atoms. The lowest BCUT2D eigenvalue weighted by molar-refractivity contribution is 0.432. The van der Waals surface area contributed by atoms with Gasteiger partial charge in [0.05, 0.1) is 0 Å². The normalized spacial score (nSPS) is 11.0. The van der Waals surface area contributed by atoms with Crippen molar-refractivity contribution in [1.29, 1.82) is 0 Å². The molecule has 8 heteroatoms. The number of phenolic OH excluding ortho intramolecular Hbond substituents is 1.